The highest BCUT2D eigenvalue weighted by molar-refractivity contribution is 5.82. The molecule has 5 saturated heterocycles. The first kappa shape index (κ1) is 84.2. The van der Waals surface area contributed by atoms with Crippen LogP contribution >= 0.6 is 0 Å². The zero-order valence-electron chi connectivity index (χ0n) is 52.6. The van der Waals surface area contributed by atoms with E-state index in [0.29, 0.717) is 24.4 Å². The molecule has 20 atom stereocenters. The van der Waals surface area contributed by atoms with Gasteiger partial charge in [-0.15, -0.1) is 0 Å². The Balaban J connectivity index is 0.000000567. The maximum Gasteiger partial charge on any atom is 0.312 e. The highest BCUT2D eigenvalue weighted by Gasteiger charge is 2.72. The van der Waals surface area contributed by atoms with Crippen molar-refractivity contribution in [3.05, 3.63) is 0 Å². The smallest absolute Gasteiger partial charge is 0.312 e. The minimum atomic E-state index is -0.614. The molecule has 0 aromatic carbocycles. The summed E-state index contributed by atoms with van der Waals surface area (Å²) in [5, 5.41) is 0. The first-order valence-corrected chi connectivity index (χ1v) is 31.3. The molecular formula is C73H128O18. The van der Waals surface area contributed by atoms with Gasteiger partial charge in [-0.25, -0.2) is 0 Å². The van der Waals surface area contributed by atoms with Crippen LogP contribution in [-0.4, -0.2) is 108 Å². The lowest BCUT2D eigenvalue weighted by Gasteiger charge is -2.38. The van der Waals surface area contributed by atoms with Crippen LogP contribution in [0.2, 0.25) is 0 Å². The first-order chi connectivity index (χ1) is 38.4. The van der Waals surface area contributed by atoms with Crippen molar-refractivity contribution < 1.29 is 85.8 Å². The van der Waals surface area contributed by atoms with Gasteiger partial charge >= 0.3 is 53.7 Å². The standard InChI is InChI=1S/3C15H22O4.C14H20O4.C6H10O2.8CH4/c1-5-14(2,3)13(17)19-11-10-8-6-15(11,4)7-9(8)12(16)18-10;1-5-14(2,3)13(17)19-15(4)8-6-9-10(7-8)12(16)18-11(9)15;1-5-14(2,3)13(17)18-11-8-6-9-10(7-8)15(11,4)19-12(9)16;1-4-14(2,3)13(16)18-10-7-5-8-9(6-7)12(15)17-11(8)10;1-6(2)3-4-8-5(6)7;;;;;;;;/h3*8-11H,5-7H2,1-4H3;7-11H,4-6H2,1-3H3;3-4H2,1-2H3;8*1H4. The number of cyclic esters (lactones) is 1. The molecule has 528 valence electrons. The van der Waals surface area contributed by atoms with E-state index in [4.69, 9.17) is 42.6 Å². The lowest BCUT2D eigenvalue weighted by atomic mass is 9.79. The predicted molar refractivity (Wildman–Crippen MR) is 351 cm³/mol. The van der Waals surface area contributed by atoms with Crippen LogP contribution in [0.4, 0.5) is 0 Å². The molecular weight excluding hydrogens is 1160 g/mol. The van der Waals surface area contributed by atoms with Crippen molar-refractivity contribution in [2.45, 2.75) is 308 Å². The monoisotopic (exact) mass is 1290 g/mol. The number of hydrogen-bond acceptors (Lipinski definition) is 18. The number of hydrogen-bond donors (Lipinski definition) is 0. The van der Waals surface area contributed by atoms with Gasteiger partial charge in [0.15, 0.2) is 0 Å². The lowest BCUT2D eigenvalue weighted by molar-refractivity contribution is -0.188. The van der Waals surface area contributed by atoms with E-state index in [2.05, 4.69) is 6.92 Å². The van der Waals surface area contributed by atoms with Crippen LogP contribution < -0.4 is 0 Å². The van der Waals surface area contributed by atoms with E-state index in [1.54, 1.807) is 0 Å². The molecule has 13 aliphatic rings. The topological polar surface area (TPSA) is 237 Å². The maximum absolute atomic E-state index is 12.3. The van der Waals surface area contributed by atoms with Crippen molar-refractivity contribution in [3.63, 3.8) is 0 Å². The van der Waals surface area contributed by atoms with Gasteiger partial charge in [0.05, 0.1) is 57.4 Å². The van der Waals surface area contributed by atoms with Crippen LogP contribution in [0.3, 0.4) is 0 Å². The van der Waals surface area contributed by atoms with Crippen LogP contribution in [0.25, 0.3) is 0 Å². The molecule has 13 fully saturated rings. The van der Waals surface area contributed by atoms with E-state index in [1.807, 2.05) is 111 Å². The minimum absolute atomic E-state index is 0. The fourth-order valence-electron chi connectivity index (χ4n) is 15.9. The third-order valence-corrected chi connectivity index (χ3v) is 23.4. The number of fused-ring (bicyclic) bond motifs is 4. The molecule has 13 rings (SSSR count). The minimum Gasteiger partial charge on any atom is -0.465 e. The molecule has 0 radical (unpaired) electrons. The van der Waals surface area contributed by atoms with Crippen molar-refractivity contribution >= 4 is 53.7 Å². The summed E-state index contributed by atoms with van der Waals surface area (Å²) in [5.41, 5.74) is -3.36. The summed E-state index contributed by atoms with van der Waals surface area (Å²) in [6.07, 6.45) is 9.66. The molecule has 5 heterocycles. The van der Waals surface area contributed by atoms with Gasteiger partial charge in [0.25, 0.3) is 0 Å². The molecule has 5 aliphatic heterocycles. The molecule has 18 nitrogen and oxygen atoms in total. The van der Waals surface area contributed by atoms with E-state index >= 15 is 0 Å². The second-order valence-corrected chi connectivity index (χ2v) is 30.8. The van der Waals surface area contributed by atoms with Crippen LogP contribution in [-0.2, 0) is 85.8 Å². The summed E-state index contributed by atoms with van der Waals surface area (Å²) < 4.78 is 49.7. The molecule has 8 saturated carbocycles. The van der Waals surface area contributed by atoms with Gasteiger partial charge < -0.3 is 42.6 Å². The average Bonchev–Trinajstić information content (AvgIpc) is 1.57. The fourth-order valence-corrected chi connectivity index (χ4v) is 15.9. The molecule has 91 heavy (non-hydrogen) atoms. The SMILES string of the molecule is C.C.C.C.C.C.C.C.CC1(C)CCOC1=O.CCC(C)(C)C(=O)OC1(C)C2CC3C(=O)OC1C3C2.CCC(C)(C)C(=O)OC1C2CC3C(=O)OC1(C)C3C2.CCC(C)(C)C(=O)OC1C2CC3C(=O)OC1C3C2.CCC(C)(C)C(=O)OC1C2OC(=O)C3CC1(C)CC32. The van der Waals surface area contributed by atoms with Gasteiger partial charge in [0.2, 0.25) is 0 Å². The van der Waals surface area contributed by atoms with Crippen molar-refractivity contribution in [2.75, 3.05) is 6.61 Å². The Kier molecular flexibility index (Phi) is 26.9. The van der Waals surface area contributed by atoms with E-state index in [9.17, 15) is 43.2 Å². The number of esters is 9. The number of carbonyl (C=O) groups excluding carboxylic acids is 9. The Morgan fingerprint density at radius 1 is 0.484 bits per heavy atom. The third kappa shape index (κ3) is 14.4. The molecule has 20 unspecified atom stereocenters. The lowest BCUT2D eigenvalue weighted by Crippen LogP contribution is -2.49. The van der Waals surface area contributed by atoms with Gasteiger partial charge in [0.1, 0.15) is 47.8 Å². The molecule has 8 bridgehead atoms. The molecule has 0 aromatic rings. The van der Waals surface area contributed by atoms with E-state index in [1.165, 1.54) is 0 Å². The van der Waals surface area contributed by atoms with Crippen LogP contribution in [0.1, 0.15) is 261 Å². The Morgan fingerprint density at radius 2 is 0.956 bits per heavy atom. The highest BCUT2D eigenvalue weighted by atomic mass is 16.6. The predicted octanol–water partition coefficient (Wildman–Crippen LogP) is 14.9. The van der Waals surface area contributed by atoms with Crippen LogP contribution in [0.15, 0.2) is 0 Å². The number of ether oxygens (including phenoxy) is 9. The molecule has 0 spiro atoms. The molecule has 0 N–H and O–H groups in total. The van der Waals surface area contributed by atoms with Crippen molar-refractivity contribution in [1.29, 1.82) is 0 Å². The Hall–Kier alpha value is -4.77. The second-order valence-electron chi connectivity index (χ2n) is 30.8. The fraction of sp³-hybridized carbons (Fsp3) is 0.877. The van der Waals surface area contributed by atoms with Gasteiger partial charge in [-0.1, -0.05) is 94.0 Å². The second kappa shape index (κ2) is 29.1. The Bertz CT molecular complexity index is 2610. The van der Waals surface area contributed by atoms with Crippen molar-refractivity contribution in [3.8, 4) is 0 Å². The van der Waals surface area contributed by atoms with Crippen LogP contribution in [0.5, 0.6) is 0 Å². The quantitative estimate of drug-likeness (QED) is 0.130. The zero-order valence-corrected chi connectivity index (χ0v) is 52.6. The largest absolute Gasteiger partial charge is 0.465 e. The molecule has 8 aliphatic carbocycles. The summed E-state index contributed by atoms with van der Waals surface area (Å²) in [4.78, 5) is 107. The van der Waals surface area contributed by atoms with Gasteiger partial charge in [-0.2, -0.15) is 0 Å². The molecule has 0 amide bonds. The Morgan fingerprint density at radius 3 is 1.46 bits per heavy atom. The summed E-state index contributed by atoms with van der Waals surface area (Å²) in [6.45, 7) is 33.5. The summed E-state index contributed by atoms with van der Waals surface area (Å²) in [5.74, 6) is 1.08. The highest BCUT2D eigenvalue weighted by Crippen LogP contribution is 2.64. The zero-order chi connectivity index (χ0) is 61.3. The molecule has 0 aromatic heterocycles. The number of rotatable bonds is 12. The van der Waals surface area contributed by atoms with E-state index in [0.717, 1.165) is 83.5 Å². The van der Waals surface area contributed by atoms with E-state index < -0.39 is 32.9 Å². The average molecular weight is 1290 g/mol. The normalized spacial score (nSPS) is 37.6. The summed E-state index contributed by atoms with van der Waals surface area (Å²) in [7, 11) is 0. The van der Waals surface area contributed by atoms with Gasteiger partial charge in [-0.05, 0) is 167 Å². The molecule has 18 heteroatoms. The third-order valence-electron chi connectivity index (χ3n) is 23.4. The maximum atomic E-state index is 12.3. The summed E-state index contributed by atoms with van der Waals surface area (Å²) in [6, 6.07) is 0. The summed E-state index contributed by atoms with van der Waals surface area (Å²) >= 11 is 0. The van der Waals surface area contributed by atoms with Gasteiger partial charge in [0, 0.05) is 46.8 Å². The van der Waals surface area contributed by atoms with Crippen LogP contribution in [0, 0.1) is 97.6 Å². The van der Waals surface area contributed by atoms with Crippen molar-refractivity contribution in [1.82, 2.24) is 0 Å². The van der Waals surface area contributed by atoms with Crippen molar-refractivity contribution in [2.24, 2.45) is 97.6 Å². The first-order valence-electron chi connectivity index (χ1n) is 31.3. The number of carbonyl (C=O) groups is 9. The Labute approximate surface area is 549 Å². The van der Waals surface area contributed by atoms with E-state index in [-0.39, 0.29) is 208 Å². The van der Waals surface area contributed by atoms with Gasteiger partial charge in [-0.3, -0.25) is 43.2 Å².